The molecule has 0 aliphatic carbocycles. The molecule has 0 bridgehead atoms. The van der Waals surface area contributed by atoms with Crippen LogP contribution < -0.4 is 16.8 Å². The number of nitrogens with one attached hydrogen (secondary N) is 1. The second-order valence-corrected chi connectivity index (χ2v) is 16.5. The fraction of sp³-hybridized carbons (Fsp3) is 0.958. The molecule has 3 nitrogen and oxygen atoms in total. The van der Waals surface area contributed by atoms with Crippen molar-refractivity contribution in [1.82, 2.24) is 5.32 Å². The van der Waals surface area contributed by atoms with Crippen LogP contribution in [0.3, 0.4) is 0 Å². The van der Waals surface area contributed by atoms with E-state index in [-0.39, 0.29) is 0 Å². The number of rotatable bonds is 42. The van der Waals surface area contributed by atoms with E-state index in [0.717, 1.165) is 31.8 Å². The predicted octanol–water partition coefficient (Wildman–Crippen LogP) is 15.9. The van der Waals surface area contributed by atoms with Crippen LogP contribution in [0, 0.1) is 5.92 Å². The first-order chi connectivity index (χ1) is 25.1. The van der Waals surface area contributed by atoms with Crippen molar-refractivity contribution >= 4 is 0 Å². The highest BCUT2D eigenvalue weighted by Gasteiger charge is 2.10. The van der Waals surface area contributed by atoms with Crippen molar-refractivity contribution < 1.29 is 0 Å². The highest BCUT2D eigenvalue weighted by Crippen LogP contribution is 2.25. The molecule has 0 rings (SSSR count). The van der Waals surface area contributed by atoms with Gasteiger partial charge in [0, 0.05) is 11.7 Å². The molecule has 51 heavy (non-hydrogen) atoms. The van der Waals surface area contributed by atoms with E-state index in [1.54, 1.807) is 0 Å². The van der Waals surface area contributed by atoms with E-state index in [0.29, 0.717) is 6.04 Å². The Morgan fingerprint density at radius 1 is 0.373 bits per heavy atom. The molecule has 3 heteroatoms. The summed E-state index contributed by atoms with van der Waals surface area (Å²) >= 11 is 0. The number of allylic oxidation sites excluding steroid dienone is 1. The predicted molar refractivity (Wildman–Crippen MR) is 236 cm³/mol. The number of unbranched alkanes of at least 4 members (excludes halogenated alkanes) is 26. The number of hydrogen-bond acceptors (Lipinski definition) is 3. The van der Waals surface area contributed by atoms with Gasteiger partial charge in [0.05, 0.1) is 0 Å². The zero-order valence-electron chi connectivity index (χ0n) is 36.3. The van der Waals surface area contributed by atoms with E-state index in [4.69, 9.17) is 11.5 Å². The van der Waals surface area contributed by atoms with Crippen LogP contribution in [0.1, 0.15) is 272 Å². The topological polar surface area (TPSA) is 64.1 Å². The van der Waals surface area contributed by atoms with Gasteiger partial charge in [-0.1, -0.05) is 240 Å². The third-order valence-corrected chi connectivity index (χ3v) is 11.2. The Kier molecular flexibility index (Phi) is 48.9. The summed E-state index contributed by atoms with van der Waals surface area (Å²) in [6, 6.07) is 0.648. The fourth-order valence-corrected chi connectivity index (χ4v) is 7.62. The maximum atomic E-state index is 5.59. The maximum Gasteiger partial charge on any atom is 0.0258 e. The van der Waals surface area contributed by atoms with E-state index in [9.17, 15) is 0 Å². The van der Waals surface area contributed by atoms with E-state index < -0.39 is 0 Å². The molecule has 0 fully saturated rings. The quantitative estimate of drug-likeness (QED) is 0.0550. The van der Waals surface area contributed by atoms with Crippen LogP contribution in [0.2, 0.25) is 0 Å². The van der Waals surface area contributed by atoms with Gasteiger partial charge in [-0.3, -0.25) is 0 Å². The van der Waals surface area contributed by atoms with Gasteiger partial charge in [-0.15, -0.1) is 0 Å². The van der Waals surface area contributed by atoms with Gasteiger partial charge in [0.15, 0.2) is 0 Å². The number of nitrogens with two attached hydrogens (primary N) is 2. The third kappa shape index (κ3) is 45.5. The van der Waals surface area contributed by atoms with Crippen molar-refractivity contribution in [2.45, 2.75) is 278 Å². The second kappa shape index (κ2) is 47.5. The Morgan fingerprint density at radius 3 is 0.980 bits per heavy atom. The Balaban J connectivity index is 0. The molecule has 5 N–H and O–H groups in total. The molecule has 0 aromatic heterocycles. The lowest BCUT2D eigenvalue weighted by Crippen LogP contribution is -2.28. The summed E-state index contributed by atoms with van der Waals surface area (Å²) in [5.74, 6) is 1.02. The summed E-state index contributed by atoms with van der Waals surface area (Å²) in [6.07, 6.45) is 52.8. The molecule has 0 spiro atoms. The van der Waals surface area contributed by atoms with Gasteiger partial charge in [0.25, 0.3) is 0 Å². The van der Waals surface area contributed by atoms with Gasteiger partial charge >= 0.3 is 0 Å². The normalized spacial score (nSPS) is 11.4. The Labute approximate surface area is 324 Å². The van der Waals surface area contributed by atoms with Crippen molar-refractivity contribution in [3.63, 3.8) is 0 Å². The molecule has 0 saturated heterocycles. The first-order valence-corrected chi connectivity index (χ1v) is 23.9. The van der Waals surface area contributed by atoms with Crippen molar-refractivity contribution in [2.75, 3.05) is 13.1 Å². The van der Waals surface area contributed by atoms with Crippen LogP contribution in [0.15, 0.2) is 12.3 Å². The molecule has 0 amide bonds. The van der Waals surface area contributed by atoms with Gasteiger partial charge in [0.1, 0.15) is 0 Å². The lowest BCUT2D eigenvalue weighted by molar-refractivity contribution is 0.366. The average Bonchev–Trinajstić information content (AvgIpc) is 3.13. The van der Waals surface area contributed by atoms with Crippen molar-refractivity contribution in [3.05, 3.63) is 12.3 Å². The smallest absolute Gasteiger partial charge is 0.0258 e. The largest absolute Gasteiger partial charge is 0.386 e. The Morgan fingerprint density at radius 2 is 0.647 bits per heavy atom. The van der Waals surface area contributed by atoms with Crippen molar-refractivity contribution in [1.29, 1.82) is 0 Å². The maximum absolute atomic E-state index is 5.59. The van der Waals surface area contributed by atoms with Crippen LogP contribution in [0.4, 0.5) is 0 Å². The van der Waals surface area contributed by atoms with E-state index in [1.165, 1.54) is 237 Å². The minimum Gasteiger partial charge on any atom is -0.386 e. The van der Waals surface area contributed by atoms with Gasteiger partial charge in [0.2, 0.25) is 0 Å². The van der Waals surface area contributed by atoms with Gasteiger partial charge in [-0.2, -0.15) is 0 Å². The molecule has 0 unspecified atom stereocenters. The molecular formula is C48H101N3. The SMILES string of the molecule is C=C(CCCCCN)NC(CCCCCCCC)CCCCCCCC.CCCCCCCCC(CCCCCCCC)CCCCCCCN. The zero-order chi connectivity index (χ0) is 37.7. The molecular weight excluding hydrogens is 619 g/mol. The highest BCUT2D eigenvalue weighted by atomic mass is 14.9. The minimum absolute atomic E-state index is 0.648. The first-order valence-electron chi connectivity index (χ1n) is 23.9. The van der Waals surface area contributed by atoms with Gasteiger partial charge < -0.3 is 16.8 Å². The Hall–Kier alpha value is -0.540. The highest BCUT2D eigenvalue weighted by molar-refractivity contribution is 4.93. The first kappa shape index (κ1) is 52.6. The minimum atomic E-state index is 0.648. The van der Waals surface area contributed by atoms with Crippen LogP contribution in [0.25, 0.3) is 0 Å². The van der Waals surface area contributed by atoms with E-state index in [1.807, 2.05) is 0 Å². The van der Waals surface area contributed by atoms with Crippen LogP contribution in [-0.2, 0) is 0 Å². The molecule has 0 atom stereocenters. The van der Waals surface area contributed by atoms with Gasteiger partial charge in [-0.25, -0.2) is 0 Å². The molecule has 0 aliphatic heterocycles. The third-order valence-electron chi connectivity index (χ3n) is 11.2. The van der Waals surface area contributed by atoms with Crippen molar-refractivity contribution in [2.24, 2.45) is 17.4 Å². The standard InChI is InChI=1S/C24H50N2.C24H51N/c1-4-6-8-10-12-16-20-24(21-17-13-11-9-7-5-2)26-23(3)19-15-14-18-22-25;1-3-5-7-9-12-16-20-24(21-17-13-10-8-6-4-2)22-18-14-11-15-19-23-25/h24,26H,3-22,25H2,1-2H3;24H,3-23,25H2,1-2H3. The molecule has 0 aliphatic rings. The summed E-state index contributed by atoms with van der Waals surface area (Å²) in [5.41, 5.74) is 12.4. The van der Waals surface area contributed by atoms with Crippen LogP contribution >= 0.6 is 0 Å². The summed E-state index contributed by atoms with van der Waals surface area (Å²) in [4.78, 5) is 0. The monoisotopic (exact) mass is 720 g/mol. The molecule has 0 aromatic carbocycles. The van der Waals surface area contributed by atoms with Gasteiger partial charge in [-0.05, 0) is 57.5 Å². The van der Waals surface area contributed by atoms with Crippen molar-refractivity contribution in [3.8, 4) is 0 Å². The molecule has 0 aromatic rings. The zero-order valence-corrected chi connectivity index (χ0v) is 36.3. The summed E-state index contributed by atoms with van der Waals surface area (Å²) in [5, 5.41) is 3.77. The summed E-state index contributed by atoms with van der Waals surface area (Å²) in [7, 11) is 0. The Bertz CT molecular complexity index is 566. The van der Waals surface area contributed by atoms with E-state index >= 15 is 0 Å². The lowest BCUT2D eigenvalue weighted by Gasteiger charge is -2.22. The molecule has 308 valence electrons. The fourth-order valence-electron chi connectivity index (χ4n) is 7.62. The molecule has 0 heterocycles. The van der Waals surface area contributed by atoms with E-state index in [2.05, 4.69) is 39.6 Å². The number of hydrogen-bond donors (Lipinski definition) is 3. The average molecular weight is 720 g/mol. The molecule has 0 saturated carbocycles. The second-order valence-electron chi connectivity index (χ2n) is 16.5. The summed E-state index contributed by atoms with van der Waals surface area (Å²) in [6.45, 7) is 15.2. The van der Waals surface area contributed by atoms with Crippen LogP contribution in [0.5, 0.6) is 0 Å². The molecule has 0 radical (unpaired) electrons. The lowest BCUT2D eigenvalue weighted by atomic mass is 9.89. The summed E-state index contributed by atoms with van der Waals surface area (Å²) < 4.78 is 0. The van der Waals surface area contributed by atoms with Crippen LogP contribution in [-0.4, -0.2) is 19.1 Å².